The molecule has 33 heavy (non-hydrogen) atoms. The van der Waals surface area contributed by atoms with Crippen LogP contribution in [0.2, 0.25) is 0 Å². The minimum absolute atomic E-state index is 0.0137. The molecule has 8 heteroatoms. The number of anilines is 1. The standard InChI is InChI=1S/C25H37N3O4S/c1-6-27(7-2)23-15-14-22(24(19-23)32-33(30,31)8-3)20-28(17-16-26(4)5)25(29)18-21-12-10-9-11-13-21/h9-15,19H,6-8,16-18,20H2,1-5H3. The van der Waals surface area contributed by atoms with Gasteiger partial charge in [-0.15, -0.1) is 0 Å². The van der Waals surface area contributed by atoms with E-state index in [2.05, 4.69) is 4.90 Å². The van der Waals surface area contributed by atoms with Gasteiger partial charge in [-0.2, -0.15) is 8.42 Å². The molecule has 0 radical (unpaired) electrons. The van der Waals surface area contributed by atoms with E-state index in [9.17, 15) is 13.2 Å². The molecule has 0 fully saturated rings. The summed E-state index contributed by atoms with van der Waals surface area (Å²) in [4.78, 5) is 19.1. The highest BCUT2D eigenvalue weighted by Gasteiger charge is 2.20. The van der Waals surface area contributed by atoms with Crippen LogP contribution in [0.15, 0.2) is 48.5 Å². The monoisotopic (exact) mass is 475 g/mol. The van der Waals surface area contributed by atoms with Gasteiger partial charge in [-0.05, 0) is 46.5 Å². The van der Waals surface area contributed by atoms with Crippen LogP contribution in [0.25, 0.3) is 0 Å². The third kappa shape index (κ3) is 8.37. The number of benzene rings is 2. The van der Waals surface area contributed by atoms with Crippen LogP contribution in [-0.4, -0.2) is 70.2 Å². The van der Waals surface area contributed by atoms with Crippen LogP contribution < -0.4 is 9.08 Å². The van der Waals surface area contributed by atoms with E-state index >= 15 is 0 Å². The zero-order chi connectivity index (χ0) is 24.4. The van der Waals surface area contributed by atoms with Crippen molar-refractivity contribution >= 4 is 21.7 Å². The van der Waals surface area contributed by atoms with Crippen molar-refractivity contribution in [1.29, 1.82) is 0 Å². The third-order valence-electron chi connectivity index (χ3n) is 5.48. The molecular weight excluding hydrogens is 438 g/mol. The van der Waals surface area contributed by atoms with Crippen molar-refractivity contribution in [1.82, 2.24) is 9.80 Å². The quantitative estimate of drug-likeness (QED) is 0.414. The number of hydrogen-bond donors (Lipinski definition) is 0. The summed E-state index contributed by atoms with van der Waals surface area (Å²) < 4.78 is 30.1. The second-order valence-electron chi connectivity index (χ2n) is 8.17. The molecule has 0 saturated carbocycles. The van der Waals surface area contributed by atoms with E-state index < -0.39 is 10.1 Å². The summed E-state index contributed by atoms with van der Waals surface area (Å²) >= 11 is 0. The first kappa shape index (κ1) is 26.7. The topological polar surface area (TPSA) is 70.2 Å². The van der Waals surface area contributed by atoms with Crippen LogP contribution in [0.3, 0.4) is 0 Å². The fourth-order valence-electron chi connectivity index (χ4n) is 3.43. The minimum Gasteiger partial charge on any atom is -0.382 e. The molecule has 2 rings (SSSR count). The minimum atomic E-state index is -3.71. The van der Waals surface area contributed by atoms with Crippen LogP contribution in [-0.2, 0) is 27.9 Å². The van der Waals surface area contributed by atoms with Gasteiger partial charge in [-0.3, -0.25) is 4.79 Å². The highest BCUT2D eigenvalue weighted by Crippen LogP contribution is 2.28. The van der Waals surface area contributed by atoms with E-state index in [1.165, 1.54) is 0 Å². The Hall–Kier alpha value is -2.58. The second-order valence-corrected chi connectivity index (χ2v) is 10.0. The molecule has 0 bridgehead atoms. The normalized spacial score (nSPS) is 11.5. The van der Waals surface area contributed by atoms with Crippen molar-refractivity contribution in [3.05, 3.63) is 59.7 Å². The Morgan fingerprint density at radius 2 is 1.61 bits per heavy atom. The van der Waals surface area contributed by atoms with Crippen LogP contribution in [0, 0.1) is 0 Å². The summed E-state index contributed by atoms with van der Waals surface area (Å²) in [6.45, 7) is 8.72. The van der Waals surface area contributed by atoms with Gasteiger partial charge in [0.2, 0.25) is 5.91 Å². The van der Waals surface area contributed by atoms with Gasteiger partial charge in [0.1, 0.15) is 5.75 Å². The summed E-state index contributed by atoms with van der Waals surface area (Å²) in [6.07, 6.45) is 0.287. The van der Waals surface area contributed by atoms with Gasteiger partial charge < -0.3 is 18.9 Å². The summed E-state index contributed by atoms with van der Waals surface area (Å²) in [7, 11) is 0.207. The molecular formula is C25H37N3O4S. The molecule has 0 aliphatic heterocycles. The number of likely N-dealkylation sites (N-methyl/N-ethyl adjacent to an activating group) is 1. The van der Waals surface area contributed by atoms with Crippen molar-refractivity contribution in [2.45, 2.75) is 33.7 Å². The van der Waals surface area contributed by atoms with E-state index in [0.717, 1.165) is 24.3 Å². The smallest absolute Gasteiger partial charge is 0.308 e. The van der Waals surface area contributed by atoms with Crippen molar-refractivity contribution in [3.63, 3.8) is 0 Å². The lowest BCUT2D eigenvalue weighted by Gasteiger charge is -2.27. The molecule has 0 spiro atoms. The second kappa shape index (κ2) is 12.6. The molecule has 0 aliphatic carbocycles. The first-order valence-corrected chi connectivity index (χ1v) is 13.0. The first-order valence-electron chi connectivity index (χ1n) is 11.5. The summed E-state index contributed by atoms with van der Waals surface area (Å²) in [6, 6.07) is 15.2. The number of carbonyl (C=O) groups is 1. The van der Waals surface area contributed by atoms with Gasteiger partial charge in [-0.1, -0.05) is 36.4 Å². The third-order valence-corrected chi connectivity index (χ3v) is 6.62. The van der Waals surface area contributed by atoms with E-state index in [1.54, 1.807) is 17.9 Å². The van der Waals surface area contributed by atoms with E-state index in [-0.39, 0.29) is 30.4 Å². The van der Waals surface area contributed by atoms with Crippen molar-refractivity contribution in [3.8, 4) is 5.75 Å². The first-order chi connectivity index (χ1) is 15.7. The molecule has 0 aromatic heterocycles. The van der Waals surface area contributed by atoms with Crippen LogP contribution in [0.4, 0.5) is 5.69 Å². The highest BCUT2D eigenvalue weighted by atomic mass is 32.2. The SMILES string of the molecule is CCN(CC)c1ccc(CN(CCN(C)C)C(=O)Cc2ccccc2)c(OS(=O)(=O)CC)c1. The Bertz CT molecular complexity index is 990. The maximum Gasteiger partial charge on any atom is 0.308 e. The lowest BCUT2D eigenvalue weighted by atomic mass is 10.1. The fraction of sp³-hybridized carbons (Fsp3) is 0.480. The van der Waals surface area contributed by atoms with E-state index in [4.69, 9.17) is 4.18 Å². The maximum absolute atomic E-state index is 13.2. The Balaban J connectivity index is 2.38. The zero-order valence-electron chi connectivity index (χ0n) is 20.5. The number of hydrogen-bond acceptors (Lipinski definition) is 6. The number of carbonyl (C=O) groups excluding carboxylic acids is 1. The van der Waals surface area contributed by atoms with Gasteiger partial charge in [-0.25, -0.2) is 0 Å². The number of nitrogens with zero attached hydrogens (tertiary/aromatic N) is 3. The number of amides is 1. The molecule has 0 heterocycles. The molecule has 0 saturated heterocycles. The molecule has 2 aromatic carbocycles. The molecule has 0 unspecified atom stereocenters. The lowest BCUT2D eigenvalue weighted by Crippen LogP contribution is -2.37. The molecule has 1 amide bonds. The van der Waals surface area contributed by atoms with Gasteiger partial charge in [0.25, 0.3) is 0 Å². The van der Waals surface area contributed by atoms with Crippen LogP contribution in [0.1, 0.15) is 31.9 Å². The Kier molecular flexibility index (Phi) is 10.2. The Morgan fingerprint density at radius 3 is 2.18 bits per heavy atom. The van der Waals surface area contributed by atoms with Crippen molar-refractivity contribution in [2.24, 2.45) is 0 Å². The molecule has 0 aliphatic rings. The van der Waals surface area contributed by atoms with E-state index in [1.807, 2.05) is 75.3 Å². The fourth-order valence-corrected chi connectivity index (χ4v) is 3.98. The molecule has 0 N–H and O–H groups in total. The summed E-state index contributed by atoms with van der Waals surface area (Å²) in [5.41, 5.74) is 2.50. The average molecular weight is 476 g/mol. The number of rotatable bonds is 13. The Labute approximate surface area is 199 Å². The summed E-state index contributed by atoms with van der Waals surface area (Å²) in [5, 5.41) is 0. The van der Waals surface area contributed by atoms with Gasteiger partial charge in [0, 0.05) is 50.0 Å². The maximum atomic E-state index is 13.2. The molecule has 0 atom stereocenters. The predicted octanol–water partition coefficient (Wildman–Crippen LogP) is 3.39. The average Bonchev–Trinajstić information content (AvgIpc) is 2.79. The largest absolute Gasteiger partial charge is 0.382 e. The predicted molar refractivity (Wildman–Crippen MR) is 134 cm³/mol. The van der Waals surface area contributed by atoms with Crippen molar-refractivity contribution < 1.29 is 17.4 Å². The van der Waals surface area contributed by atoms with E-state index in [0.29, 0.717) is 18.7 Å². The lowest BCUT2D eigenvalue weighted by molar-refractivity contribution is -0.131. The van der Waals surface area contributed by atoms with Crippen LogP contribution in [0.5, 0.6) is 5.75 Å². The highest BCUT2D eigenvalue weighted by molar-refractivity contribution is 7.87. The summed E-state index contributed by atoms with van der Waals surface area (Å²) in [5.74, 6) is 0.142. The molecule has 7 nitrogen and oxygen atoms in total. The van der Waals surface area contributed by atoms with Crippen molar-refractivity contribution in [2.75, 3.05) is 50.9 Å². The van der Waals surface area contributed by atoms with Gasteiger partial charge >= 0.3 is 10.1 Å². The van der Waals surface area contributed by atoms with Gasteiger partial charge in [0.05, 0.1) is 12.2 Å². The Morgan fingerprint density at radius 1 is 0.939 bits per heavy atom. The van der Waals surface area contributed by atoms with Crippen LogP contribution >= 0.6 is 0 Å². The molecule has 2 aromatic rings. The zero-order valence-corrected chi connectivity index (χ0v) is 21.3. The van der Waals surface area contributed by atoms with Gasteiger partial charge in [0.15, 0.2) is 0 Å². The molecule has 182 valence electrons.